The van der Waals surface area contributed by atoms with E-state index in [1.165, 1.54) is 5.56 Å². The zero-order valence-electron chi connectivity index (χ0n) is 11.9. The fourth-order valence-corrected chi connectivity index (χ4v) is 2.70. The monoisotopic (exact) mass is 269 g/mol. The molecule has 104 valence electrons. The van der Waals surface area contributed by atoms with Gasteiger partial charge in [0.2, 0.25) is 0 Å². The first-order valence-corrected chi connectivity index (χ1v) is 6.90. The number of aliphatic hydroxyl groups is 1. The van der Waals surface area contributed by atoms with Gasteiger partial charge in [0.15, 0.2) is 0 Å². The molecule has 1 N–H and O–H groups in total. The molecule has 2 aromatic rings. The molecule has 1 aliphatic rings. The molecule has 0 spiro atoms. The summed E-state index contributed by atoms with van der Waals surface area (Å²) in [5.41, 5.74) is 2.35. The van der Waals surface area contributed by atoms with Gasteiger partial charge in [-0.25, -0.2) is 9.97 Å². The van der Waals surface area contributed by atoms with Crippen molar-refractivity contribution in [3.63, 3.8) is 0 Å². The van der Waals surface area contributed by atoms with E-state index < -0.39 is 5.60 Å². The highest BCUT2D eigenvalue weighted by atomic mass is 16.3. The number of aromatic nitrogens is 2. The van der Waals surface area contributed by atoms with Crippen molar-refractivity contribution < 1.29 is 5.11 Å². The Hall–Kier alpha value is -1.94. The molecule has 1 aliphatic heterocycles. The maximum absolute atomic E-state index is 10.9. The van der Waals surface area contributed by atoms with Crippen LogP contribution >= 0.6 is 0 Å². The Morgan fingerprint density at radius 1 is 1.15 bits per heavy atom. The molecule has 1 saturated heterocycles. The molecule has 1 fully saturated rings. The number of rotatable bonds is 2. The van der Waals surface area contributed by atoms with Crippen molar-refractivity contribution in [3.8, 4) is 0 Å². The zero-order chi connectivity index (χ0) is 14.2. The van der Waals surface area contributed by atoms with Crippen LogP contribution in [0.15, 0.2) is 36.7 Å². The van der Waals surface area contributed by atoms with Crippen molar-refractivity contribution in [3.05, 3.63) is 53.5 Å². The molecule has 1 aromatic carbocycles. The highest BCUT2D eigenvalue weighted by molar-refractivity contribution is 5.43. The standard InChI is InChI=1S/C16H19N3O/c1-12-3-5-14(6-4-12)16(20)7-8-19(10-16)15-9-13(2)17-11-18-15/h3-6,9,11,20H,7-8,10H2,1-2H3/t16-/m1/s1. The maximum Gasteiger partial charge on any atom is 0.132 e. The Balaban J connectivity index is 1.83. The number of benzene rings is 1. The summed E-state index contributed by atoms with van der Waals surface area (Å²) < 4.78 is 0. The Bertz CT molecular complexity index is 611. The van der Waals surface area contributed by atoms with Crippen LogP contribution in [0.1, 0.15) is 23.2 Å². The molecule has 0 bridgehead atoms. The predicted octanol–water partition coefficient (Wildman–Crippen LogP) is 2.19. The van der Waals surface area contributed by atoms with Crippen molar-refractivity contribution in [2.24, 2.45) is 0 Å². The van der Waals surface area contributed by atoms with Crippen LogP contribution < -0.4 is 4.90 Å². The van der Waals surface area contributed by atoms with E-state index in [-0.39, 0.29) is 0 Å². The summed E-state index contributed by atoms with van der Waals surface area (Å²) in [6, 6.07) is 10.1. The topological polar surface area (TPSA) is 49.2 Å². The quantitative estimate of drug-likeness (QED) is 0.908. The molecule has 1 aromatic heterocycles. The highest BCUT2D eigenvalue weighted by Gasteiger charge is 2.38. The summed E-state index contributed by atoms with van der Waals surface area (Å²) in [6.07, 6.45) is 2.30. The van der Waals surface area contributed by atoms with Crippen LogP contribution in [0.3, 0.4) is 0 Å². The maximum atomic E-state index is 10.9. The van der Waals surface area contributed by atoms with E-state index >= 15 is 0 Å². The Kier molecular flexibility index (Phi) is 3.18. The molecule has 2 heterocycles. The molecule has 0 unspecified atom stereocenters. The van der Waals surface area contributed by atoms with Crippen molar-refractivity contribution in [1.29, 1.82) is 0 Å². The van der Waals surface area contributed by atoms with Crippen LogP contribution in [-0.2, 0) is 5.60 Å². The minimum absolute atomic E-state index is 0.576. The summed E-state index contributed by atoms with van der Waals surface area (Å²) in [4.78, 5) is 10.5. The molecule has 0 aliphatic carbocycles. The van der Waals surface area contributed by atoms with Gasteiger partial charge in [-0.1, -0.05) is 29.8 Å². The van der Waals surface area contributed by atoms with Gasteiger partial charge < -0.3 is 10.0 Å². The first-order chi connectivity index (χ1) is 9.57. The van der Waals surface area contributed by atoms with E-state index in [9.17, 15) is 5.11 Å². The summed E-state index contributed by atoms with van der Waals surface area (Å²) in [5.74, 6) is 0.889. The molecule has 0 radical (unpaired) electrons. The Morgan fingerprint density at radius 2 is 1.90 bits per heavy atom. The number of β-amino-alcohol motifs (C(OH)–C–C–N with tert-alkyl or cyclic N) is 1. The van der Waals surface area contributed by atoms with E-state index in [1.807, 2.05) is 37.3 Å². The summed E-state index contributed by atoms with van der Waals surface area (Å²) >= 11 is 0. The lowest BCUT2D eigenvalue weighted by atomic mass is 9.92. The van der Waals surface area contributed by atoms with Crippen LogP contribution in [0.25, 0.3) is 0 Å². The second-order valence-corrected chi connectivity index (χ2v) is 5.59. The molecule has 1 atom stereocenters. The lowest BCUT2D eigenvalue weighted by Gasteiger charge is -2.24. The SMILES string of the molecule is Cc1ccc([C@@]2(O)CCN(c3cc(C)ncn3)C2)cc1. The van der Waals surface area contributed by atoms with Crippen molar-refractivity contribution >= 4 is 5.82 Å². The fourth-order valence-electron chi connectivity index (χ4n) is 2.70. The second-order valence-electron chi connectivity index (χ2n) is 5.59. The van der Waals surface area contributed by atoms with Gasteiger partial charge in [0, 0.05) is 18.3 Å². The molecular formula is C16H19N3O. The molecule has 4 nitrogen and oxygen atoms in total. The average Bonchev–Trinajstić information content (AvgIpc) is 2.83. The number of anilines is 1. The zero-order valence-corrected chi connectivity index (χ0v) is 11.9. The lowest BCUT2D eigenvalue weighted by molar-refractivity contribution is 0.0606. The summed E-state index contributed by atoms with van der Waals surface area (Å²) in [6.45, 7) is 5.39. The third-order valence-electron chi connectivity index (χ3n) is 3.95. The fraction of sp³-hybridized carbons (Fsp3) is 0.375. The van der Waals surface area contributed by atoms with E-state index in [1.54, 1.807) is 6.33 Å². The van der Waals surface area contributed by atoms with Crippen LogP contribution in [-0.4, -0.2) is 28.2 Å². The smallest absolute Gasteiger partial charge is 0.132 e. The molecule has 4 heteroatoms. The molecular weight excluding hydrogens is 250 g/mol. The average molecular weight is 269 g/mol. The van der Waals surface area contributed by atoms with Gasteiger partial charge >= 0.3 is 0 Å². The van der Waals surface area contributed by atoms with Gasteiger partial charge in [-0.3, -0.25) is 0 Å². The normalized spacial score (nSPS) is 22.2. The van der Waals surface area contributed by atoms with Crippen molar-refractivity contribution in [2.75, 3.05) is 18.0 Å². The minimum Gasteiger partial charge on any atom is -0.383 e. The van der Waals surface area contributed by atoms with Crippen LogP contribution in [0, 0.1) is 13.8 Å². The predicted molar refractivity (Wildman–Crippen MR) is 78.7 cm³/mol. The second kappa shape index (κ2) is 4.87. The summed E-state index contributed by atoms with van der Waals surface area (Å²) in [7, 11) is 0. The van der Waals surface area contributed by atoms with E-state index in [0.29, 0.717) is 6.54 Å². The third kappa shape index (κ3) is 2.39. The molecule has 3 rings (SSSR count). The number of hydrogen-bond acceptors (Lipinski definition) is 4. The van der Waals surface area contributed by atoms with Gasteiger partial charge in [-0.05, 0) is 25.8 Å². The van der Waals surface area contributed by atoms with Gasteiger partial charge in [0.25, 0.3) is 0 Å². The first-order valence-electron chi connectivity index (χ1n) is 6.90. The van der Waals surface area contributed by atoms with E-state index in [0.717, 1.165) is 30.0 Å². The van der Waals surface area contributed by atoms with Crippen LogP contribution in [0.4, 0.5) is 5.82 Å². The lowest BCUT2D eigenvalue weighted by Crippen LogP contribution is -2.31. The molecule has 20 heavy (non-hydrogen) atoms. The Morgan fingerprint density at radius 3 is 2.60 bits per heavy atom. The molecule has 0 amide bonds. The van der Waals surface area contributed by atoms with Crippen LogP contribution in [0.5, 0.6) is 0 Å². The van der Waals surface area contributed by atoms with Crippen molar-refractivity contribution in [1.82, 2.24) is 9.97 Å². The number of nitrogens with zero attached hydrogens (tertiary/aromatic N) is 3. The summed E-state index contributed by atoms with van der Waals surface area (Å²) in [5, 5.41) is 10.9. The minimum atomic E-state index is -0.785. The van der Waals surface area contributed by atoms with Gasteiger partial charge in [0.1, 0.15) is 17.7 Å². The van der Waals surface area contributed by atoms with Gasteiger partial charge in [-0.2, -0.15) is 0 Å². The number of aryl methyl sites for hydroxylation is 2. The third-order valence-corrected chi connectivity index (χ3v) is 3.95. The van der Waals surface area contributed by atoms with Crippen molar-refractivity contribution in [2.45, 2.75) is 25.9 Å². The first kappa shape index (κ1) is 13.1. The Labute approximate surface area is 119 Å². The highest BCUT2D eigenvalue weighted by Crippen LogP contribution is 2.33. The van der Waals surface area contributed by atoms with Gasteiger partial charge in [-0.15, -0.1) is 0 Å². The van der Waals surface area contributed by atoms with Crippen LogP contribution in [0.2, 0.25) is 0 Å². The molecule has 0 saturated carbocycles. The van der Waals surface area contributed by atoms with Gasteiger partial charge in [0.05, 0.1) is 6.54 Å². The van der Waals surface area contributed by atoms with E-state index in [4.69, 9.17) is 0 Å². The van der Waals surface area contributed by atoms with E-state index in [2.05, 4.69) is 21.8 Å². The largest absolute Gasteiger partial charge is 0.383 e. The number of hydrogen-bond donors (Lipinski definition) is 1.